The second kappa shape index (κ2) is 14.2. The summed E-state index contributed by atoms with van der Waals surface area (Å²) in [6.45, 7) is 0.319. The van der Waals surface area contributed by atoms with E-state index in [-0.39, 0.29) is 6.42 Å². The van der Waals surface area contributed by atoms with Crippen LogP contribution in [0, 0.1) is 0 Å². The first-order valence-electron chi connectivity index (χ1n) is 9.06. The normalized spacial score (nSPS) is 11.6. The van der Waals surface area contributed by atoms with Crippen LogP contribution in [0.4, 0.5) is 26.3 Å². The Morgan fingerprint density at radius 1 is 1.03 bits per heavy atom. The number of hydrogen-bond donors (Lipinski definition) is 1. The first-order valence-corrected chi connectivity index (χ1v) is 9.06. The Hall–Kier alpha value is -4.22. The van der Waals surface area contributed by atoms with Crippen molar-refractivity contribution in [3.63, 3.8) is 0 Å². The van der Waals surface area contributed by atoms with Gasteiger partial charge in [-0.25, -0.2) is 14.8 Å². The average Bonchev–Trinajstić information content (AvgIpc) is 2.82. The molecule has 1 atom stereocenters. The maximum atomic E-state index is 11.7. The molecule has 0 fully saturated rings. The lowest BCUT2D eigenvalue weighted by molar-refractivity contribution is -0.752. The minimum atomic E-state index is -5.19. The summed E-state index contributed by atoms with van der Waals surface area (Å²) in [5.41, 5.74) is 6.24. The van der Waals surface area contributed by atoms with E-state index in [0.29, 0.717) is 12.4 Å². The maximum Gasteiger partial charge on any atom is 0.430 e. The molecular weight excluding hydrogens is 512 g/mol. The monoisotopic (exact) mass is 528 g/mol. The molecule has 2 N–H and O–H groups in total. The molecule has 2 aromatic heterocycles. The molecular formula is C18H16F6N5O7-. The molecule has 0 unspecified atom stereocenters. The number of alkyl halides is 6. The van der Waals surface area contributed by atoms with Crippen LogP contribution in [0.1, 0.15) is 6.42 Å². The summed E-state index contributed by atoms with van der Waals surface area (Å²) in [5.74, 6) is -6.57. The van der Waals surface area contributed by atoms with E-state index in [0.717, 1.165) is 5.56 Å². The van der Waals surface area contributed by atoms with Crippen molar-refractivity contribution in [1.29, 1.82) is 0 Å². The molecule has 0 saturated heterocycles. The van der Waals surface area contributed by atoms with Crippen LogP contribution >= 0.6 is 0 Å². The molecule has 0 aliphatic heterocycles. The van der Waals surface area contributed by atoms with Gasteiger partial charge < -0.3 is 30.3 Å². The lowest BCUT2D eigenvalue weighted by Crippen LogP contribution is -2.44. The van der Waals surface area contributed by atoms with Crippen molar-refractivity contribution in [2.45, 2.75) is 31.4 Å². The molecule has 0 saturated carbocycles. The van der Waals surface area contributed by atoms with Crippen LogP contribution in [0.25, 0.3) is 11.4 Å². The van der Waals surface area contributed by atoms with E-state index < -0.39 is 42.1 Å². The summed E-state index contributed by atoms with van der Waals surface area (Å²) in [7, 11) is 1.19. The zero-order valence-electron chi connectivity index (χ0n) is 17.9. The van der Waals surface area contributed by atoms with E-state index in [1.165, 1.54) is 7.11 Å². The summed E-state index contributed by atoms with van der Waals surface area (Å²) in [6.07, 6.45) is -3.68. The molecule has 0 spiro atoms. The lowest BCUT2D eigenvalue weighted by Gasteiger charge is -2.06. The van der Waals surface area contributed by atoms with Gasteiger partial charge in [-0.15, -0.1) is 0 Å². The molecule has 198 valence electrons. The summed E-state index contributed by atoms with van der Waals surface area (Å²) >= 11 is 0. The number of ketones is 1. The van der Waals surface area contributed by atoms with Crippen LogP contribution in [0.15, 0.2) is 36.9 Å². The van der Waals surface area contributed by atoms with Gasteiger partial charge in [0.1, 0.15) is 18.1 Å². The number of carbonyl (C=O) groups excluding carboxylic acids is 4. The van der Waals surface area contributed by atoms with Gasteiger partial charge in [-0.3, -0.25) is 4.79 Å². The maximum absolute atomic E-state index is 11.7. The molecule has 0 aliphatic rings. The Morgan fingerprint density at radius 2 is 1.50 bits per heavy atom. The van der Waals surface area contributed by atoms with E-state index in [1.807, 2.05) is 0 Å². The number of hydrogen-bond acceptors (Lipinski definition) is 11. The van der Waals surface area contributed by atoms with Crippen molar-refractivity contribution >= 4 is 23.7 Å². The average molecular weight is 528 g/mol. The van der Waals surface area contributed by atoms with Gasteiger partial charge in [0.2, 0.25) is 0 Å². The number of nitrogens with zero attached hydrogens (tertiary/aromatic N) is 4. The molecule has 18 heteroatoms. The molecule has 36 heavy (non-hydrogen) atoms. The number of esters is 1. The number of aromatic nitrogens is 4. The minimum Gasteiger partial charge on any atom is -0.542 e. The van der Waals surface area contributed by atoms with E-state index in [2.05, 4.69) is 19.8 Å². The Balaban J connectivity index is 0.000000720. The molecule has 0 amide bonds. The minimum absolute atomic E-state index is 0.0924. The second-order valence-electron chi connectivity index (χ2n) is 6.04. The fraction of sp³-hybridized carbons (Fsp3) is 0.333. The highest BCUT2D eigenvalue weighted by molar-refractivity contribution is 6.02. The molecule has 0 aromatic carbocycles. The number of rotatable bonds is 6. The number of ether oxygens (including phenoxy) is 1. The topological polar surface area (TPSA) is 192 Å². The van der Waals surface area contributed by atoms with Crippen molar-refractivity contribution in [3.8, 4) is 11.4 Å². The number of methoxy groups -OCH3 is 1. The van der Waals surface area contributed by atoms with Gasteiger partial charge in [-0.2, -0.15) is 26.3 Å². The molecule has 0 aliphatic carbocycles. The van der Waals surface area contributed by atoms with Gasteiger partial charge in [0.15, 0.2) is 30.4 Å². The Labute approximate surface area is 197 Å². The van der Waals surface area contributed by atoms with Gasteiger partial charge in [-0.1, -0.05) is 4.68 Å². The van der Waals surface area contributed by atoms with Crippen LogP contribution in [0.3, 0.4) is 0 Å². The van der Waals surface area contributed by atoms with Crippen molar-refractivity contribution in [2.24, 2.45) is 5.73 Å². The Bertz CT molecular complexity index is 994. The van der Waals surface area contributed by atoms with E-state index in [1.54, 1.807) is 41.6 Å². The number of carboxylic acid groups (broad SMARTS) is 2. The van der Waals surface area contributed by atoms with E-state index in [9.17, 15) is 35.9 Å². The standard InChI is InChI=1S/C14H16N5O3.2C2HF3O2/c1-22-14(21)12(15)11(20)4-8-19-7-3-10(9-18-19)13-16-5-2-6-17-13;2*3-2(4,5)1(6)7/h2-3,5-7,9,12H,4,8,15H2,1H3;2*(H,6,7)/q+1;;/p-2/t12-;;/m0../s1. The summed E-state index contributed by atoms with van der Waals surface area (Å²) < 4.78 is 69.1. The van der Waals surface area contributed by atoms with Crippen molar-refractivity contribution in [3.05, 3.63) is 36.9 Å². The molecule has 0 bridgehead atoms. The van der Waals surface area contributed by atoms with Gasteiger partial charge >= 0.3 is 18.3 Å². The predicted octanol–water partition coefficient (Wildman–Crippen LogP) is -2.12. The van der Waals surface area contributed by atoms with Crippen LogP contribution in [-0.4, -0.2) is 64.3 Å². The molecule has 0 radical (unpaired) electrons. The number of nitrogens with two attached hydrogens (primary N) is 1. The third kappa shape index (κ3) is 12.3. The van der Waals surface area contributed by atoms with Gasteiger partial charge in [0.25, 0.3) is 0 Å². The highest BCUT2D eigenvalue weighted by atomic mass is 19.4. The molecule has 2 aromatic rings. The highest BCUT2D eigenvalue weighted by Crippen LogP contribution is 2.12. The van der Waals surface area contributed by atoms with Crippen LogP contribution in [-0.2, 0) is 30.5 Å². The Morgan fingerprint density at radius 3 is 1.86 bits per heavy atom. The summed E-state index contributed by atoms with van der Waals surface area (Å²) in [4.78, 5) is 48.7. The summed E-state index contributed by atoms with van der Waals surface area (Å²) in [5, 5.41) is 21.7. The van der Waals surface area contributed by atoms with Gasteiger partial charge in [0, 0.05) is 24.0 Å². The van der Waals surface area contributed by atoms with E-state index >= 15 is 0 Å². The number of carboxylic acids is 2. The summed E-state index contributed by atoms with van der Waals surface area (Å²) in [6, 6.07) is 2.28. The van der Waals surface area contributed by atoms with Crippen LogP contribution in [0.2, 0.25) is 0 Å². The first-order chi connectivity index (χ1) is 16.5. The van der Waals surface area contributed by atoms with Crippen molar-refractivity contribution < 1.29 is 65.2 Å². The van der Waals surface area contributed by atoms with Crippen molar-refractivity contribution in [1.82, 2.24) is 15.1 Å². The highest BCUT2D eigenvalue weighted by Gasteiger charge is 2.29. The van der Waals surface area contributed by atoms with Crippen LogP contribution in [0.5, 0.6) is 0 Å². The number of Topliss-reactive ketones (excluding diaryl/α,β-unsaturated/α-hetero) is 1. The number of aliphatic carboxylic acids is 2. The molecule has 2 rings (SSSR count). The van der Waals surface area contributed by atoms with E-state index in [4.69, 9.17) is 25.5 Å². The lowest BCUT2D eigenvalue weighted by atomic mass is 10.1. The largest absolute Gasteiger partial charge is 0.542 e. The van der Waals surface area contributed by atoms with Crippen LogP contribution < -0.4 is 20.6 Å². The number of carbonyl (C=O) groups is 4. The molecule has 2 heterocycles. The third-order valence-electron chi connectivity index (χ3n) is 3.45. The molecule has 12 nitrogen and oxygen atoms in total. The third-order valence-corrected chi connectivity index (χ3v) is 3.45. The van der Waals surface area contributed by atoms with Crippen molar-refractivity contribution in [2.75, 3.05) is 7.11 Å². The number of halogens is 6. The zero-order chi connectivity index (χ0) is 28.1. The fourth-order valence-electron chi connectivity index (χ4n) is 1.74. The second-order valence-corrected chi connectivity index (χ2v) is 6.04. The number of aryl methyl sites for hydroxylation is 1. The van der Waals surface area contributed by atoms with Gasteiger partial charge in [-0.05, 0) is 11.2 Å². The SMILES string of the molecule is COC(=O)[C@@H](N)C(=O)CC[n+]1ccc(-c2ncccn2)cn1.O=C([O-])C(F)(F)F.O=C([O-])C(F)(F)F. The fourth-order valence-corrected chi connectivity index (χ4v) is 1.74. The zero-order valence-corrected chi connectivity index (χ0v) is 17.9. The Kier molecular flexibility index (Phi) is 12.6. The van der Waals surface area contributed by atoms with Gasteiger partial charge in [0.05, 0.1) is 13.5 Å². The first kappa shape index (κ1) is 31.8. The smallest absolute Gasteiger partial charge is 0.430 e. The quantitative estimate of drug-likeness (QED) is 0.187. The predicted molar refractivity (Wildman–Crippen MR) is 97.2 cm³/mol.